The number of nitrogens with zero attached hydrogens (tertiary/aromatic N) is 2. The van der Waals surface area contributed by atoms with Crippen LogP contribution >= 0.6 is 0 Å². The van der Waals surface area contributed by atoms with Crippen LogP contribution in [0.5, 0.6) is 0 Å². The molecule has 1 saturated carbocycles. The van der Waals surface area contributed by atoms with Crippen molar-refractivity contribution in [1.29, 1.82) is 5.41 Å². The normalized spacial score (nSPS) is 16.6. The summed E-state index contributed by atoms with van der Waals surface area (Å²) < 4.78 is 44.5. The Balaban J connectivity index is 1.88. The molecule has 0 aliphatic heterocycles. The lowest BCUT2D eigenvalue weighted by Gasteiger charge is -2.21. The minimum Gasteiger partial charge on any atom is -0.495 e. The van der Waals surface area contributed by atoms with Gasteiger partial charge in [-0.3, -0.25) is 0 Å². The zero-order chi connectivity index (χ0) is 18.2. The van der Waals surface area contributed by atoms with Crippen molar-refractivity contribution in [2.75, 3.05) is 12.8 Å². The van der Waals surface area contributed by atoms with Gasteiger partial charge in [-0.1, -0.05) is 6.07 Å². The Morgan fingerprint density at radius 1 is 1.40 bits per heavy atom. The fourth-order valence-corrected chi connectivity index (χ4v) is 2.53. The lowest BCUT2D eigenvalue weighted by atomic mass is 9.97. The van der Waals surface area contributed by atoms with Gasteiger partial charge >= 0.3 is 6.18 Å². The number of nitrogen functional groups attached to an aromatic ring is 1. The van der Waals surface area contributed by atoms with Gasteiger partial charge in [0.25, 0.3) is 0 Å². The van der Waals surface area contributed by atoms with Crippen LogP contribution in [0.1, 0.15) is 18.7 Å². The lowest BCUT2D eigenvalue weighted by molar-refractivity contribution is -0.165. The average Bonchev–Trinajstić information content (AvgIpc) is 3.26. The highest BCUT2D eigenvalue weighted by Crippen LogP contribution is 2.59. The van der Waals surface area contributed by atoms with Gasteiger partial charge in [0.1, 0.15) is 22.8 Å². The summed E-state index contributed by atoms with van der Waals surface area (Å²) >= 11 is 0. The molecule has 1 fully saturated rings. The maximum atomic E-state index is 13.2. The van der Waals surface area contributed by atoms with Crippen LogP contribution in [0.2, 0.25) is 0 Å². The van der Waals surface area contributed by atoms with Gasteiger partial charge in [0.15, 0.2) is 0 Å². The fraction of sp³-hybridized carbons (Fsp3) is 0.312. The molecule has 0 atom stereocenters. The number of allylic oxidation sites excluding steroid dienone is 1. The molecular weight excluding hydrogens is 335 g/mol. The molecule has 1 aliphatic rings. The zero-order valence-electron chi connectivity index (χ0n) is 13.3. The molecule has 2 heterocycles. The van der Waals surface area contributed by atoms with Crippen LogP contribution in [0.15, 0.2) is 30.2 Å². The van der Waals surface area contributed by atoms with Crippen molar-refractivity contribution in [3.8, 4) is 11.4 Å². The van der Waals surface area contributed by atoms with Crippen molar-refractivity contribution < 1.29 is 17.9 Å². The predicted octanol–water partition coefficient (Wildman–Crippen LogP) is 3.40. The number of methoxy groups -OCH3 is 1. The van der Waals surface area contributed by atoms with E-state index < -0.39 is 17.3 Å². The highest BCUT2D eigenvalue weighted by atomic mass is 19.4. The summed E-state index contributed by atoms with van der Waals surface area (Å²) in [6.45, 7) is 0. The van der Waals surface area contributed by atoms with E-state index in [2.05, 4.69) is 15.0 Å². The Bertz CT molecular complexity index is 836. The van der Waals surface area contributed by atoms with Crippen molar-refractivity contribution >= 4 is 17.6 Å². The van der Waals surface area contributed by atoms with E-state index in [0.717, 1.165) is 0 Å². The van der Waals surface area contributed by atoms with E-state index in [9.17, 15) is 13.2 Å². The molecular formula is C16H16F3N5O. The molecule has 0 unspecified atom stereocenters. The molecule has 4 N–H and O–H groups in total. The minimum atomic E-state index is -4.47. The molecule has 0 aromatic carbocycles. The number of imidazole rings is 1. The molecule has 0 amide bonds. The minimum absolute atomic E-state index is 0.105. The van der Waals surface area contributed by atoms with E-state index in [1.807, 2.05) is 0 Å². The number of anilines is 1. The standard InChI is InChI=1S/C16H16F3N5O/c1-25-11(14(21)15(5-6-15)16(17,18)19)7-13-22-8-10(24-13)9-3-2-4-12(20)23-9/h2-4,7-8,21H,5-6H2,1H3,(H2,20,23)(H,22,24)/b11-7+,21-14?. The fourth-order valence-electron chi connectivity index (χ4n) is 2.53. The molecule has 0 saturated heterocycles. The second-order valence-electron chi connectivity index (χ2n) is 5.80. The molecule has 0 radical (unpaired) electrons. The topological polar surface area (TPSA) is 101 Å². The third kappa shape index (κ3) is 3.09. The van der Waals surface area contributed by atoms with Gasteiger partial charge in [0.05, 0.1) is 30.4 Å². The second-order valence-corrected chi connectivity index (χ2v) is 5.80. The van der Waals surface area contributed by atoms with Crippen LogP contribution < -0.4 is 5.73 Å². The van der Waals surface area contributed by atoms with Crippen molar-refractivity contribution in [2.24, 2.45) is 5.41 Å². The number of aromatic nitrogens is 3. The first-order valence-electron chi connectivity index (χ1n) is 7.46. The molecule has 2 aromatic rings. The molecule has 2 aromatic heterocycles. The summed E-state index contributed by atoms with van der Waals surface area (Å²) in [4.78, 5) is 11.1. The van der Waals surface area contributed by atoms with Crippen LogP contribution in [0.25, 0.3) is 17.5 Å². The number of aromatic amines is 1. The van der Waals surface area contributed by atoms with Gasteiger partial charge in [0, 0.05) is 6.08 Å². The number of pyridine rings is 1. The van der Waals surface area contributed by atoms with E-state index in [0.29, 0.717) is 17.2 Å². The van der Waals surface area contributed by atoms with Crippen molar-refractivity contribution in [3.63, 3.8) is 0 Å². The number of ether oxygens (including phenoxy) is 1. The summed E-state index contributed by atoms with van der Waals surface area (Å²) in [6, 6.07) is 5.08. The maximum absolute atomic E-state index is 13.2. The Kier molecular flexibility index (Phi) is 4.02. The molecule has 1 aliphatic carbocycles. The third-order valence-corrected chi connectivity index (χ3v) is 4.15. The van der Waals surface area contributed by atoms with Crippen LogP contribution in [-0.4, -0.2) is 33.9 Å². The highest BCUT2D eigenvalue weighted by molar-refractivity contribution is 6.05. The van der Waals surface area contributed by atoms with Crippen LogP contribution in [0, 0.1) is 10.8 Å². The smallest absolute Gasteiger partial charge is 0.400 e. The van der Waals surface area contributed by atoms with Crippen LogP contribution in [0.4, 0.5) is 19.0 Å². The van der Waals surface area contributed by atoms with E-state index in [1.165, 1.54) is 19.4 Å². The number of hydrogen-bond donors (Lipinski definition) is 3. The van der Waals surface area contributed by atoms with Gasteiger partial charge in [-0.05, 0) is 25.0 Å². The van der Waals surface area contributed by atoms with Crippen molar-refractivity contribution in [3.05, 3.63) is 36.0 Å². The van der Waals surface area contributed by atoms with Gasteiger partial charge in [-0.25, -0.2) is 9.97 Å². The first-order chi connectivity index (χ1) is 11.8. The number of rotatable bonds is 5. The van der Waals surface area contributed by atoms with Crippen LogP contribution in [0.3, 0.4) is 0 Å². The van der Waals surface area contributed by atoms with E-state index in [-0.39, 0.29) is 24.4 Å². The summed E-state index contributed by atoms with van der Waals surface area (Å²) in [5, 5.41) is 7.93. The van der Waals surface area contributed by atoms with Crippen LogP contribution in [-0.2, 0) is 4.74 Å². The zero-order valence-corrected chi connectivity index (χ0v) is 13.3. The first kappa shape index (κ1) is 17.0. The monoisotopic (exact) mass is 351 g/mol. The SMILES string of the molecule is CO/C(=C/c1ncc(-c2cccc(N)n2)[nH]1)C(=N)C1(C(F)(F)F)CC1. The summed E-state index contributed by atoms with van der Waals surface area (Å²) in [5.41, 5.74) is 4.04. The van der Waals surface area contributed by atoms with Crippen molar-refractivity contribution in [2.45, 2.75) is 19.0 Å². The average molecular weight is 351 g/mol. The number of H-pyrrole nitrogens is 1. The predicted molar refractivity (Wildman–Crippen MR) is 86.7 cm³/mol. The number of halogens is 3. The Morgan fingerprint density at radius 2 is 2.12 bits per heavy atom. The highest BCUT2D eigenvalue weighted by Gasteiger charge is 2.66. The number of nitrogens with two attached hydrogens (primary N) is 1. The second kappa shape index (κ2) is 5.91. The number of nitrogens with one attached hydrogen (secondary N) is 2. The lowest BCUT2D eigenvalue weighted by Crippen LogP contribution is -2.33. The third-order valence-electron chi connectivity index (χ3n) is 4.15. The number of hydrogen-bond acceptors (Lipinski definition) is 5. The summed E-state index contributed by atoms with van der Waals surface area (Å²) in [6.07, 6.45) is -1.91. The first-order valence-corrected chi connectivity index (χ1v) is 7.46. The maximum Gasteiger partial charge on any atom is 0.400 e. The Hall–Kier alpha value is -2.84. The molecule has 132 valence electrons. The summed E-state index contributed by atoms with van der Waals surface area (Å²) in [5.74, 6) is 0.430. The Morgan fingerprint density at radius 3 is 2.68 bits per heavy atom. The molecule has 6 nitrogen and oxygen atoms in total. The summed E-state index contributed by atoms with van der Waals surface area (Å²) in [7, 11) is 1.23. The largest absolute Gasteiger partial charge is 0.495 e. The quantitative estimate of drug-likeness (QED) is 0.568. The molecule has 25 heavy (non-hydrogen) atoms. The molecule has 0 bridgehead atoms. The van der Waals surface area contributed by atoms with Gasteiger partial charge in [-0.2, -0.15) is 13.2 Å². The molecule has 3 rings (SSSR count). The van der Waals surface area contributed by atoms with Gasteiger partial charge < -0.3 is 20.9 Å². The van der Waals surface area contributed by atoms with E-state index >= 15 is 0 Å². The molecule has 9 heteroatoms. The van der Waals surface area contributed by atoms with Crippen molar-refractivity contribution in [1.82, 2.24) is 15.0 Å². The Labute approximate surface area is 141 Å². The van der Waals surface area contributed by atoms with E-state index in [1.54, 1.807) is 18.2 Å². The van der Waals surface area contributed by atoms with Gasteiger partial charge in [0.2, 0.25) is 0 Å². The number of alkyl halides is 3. The molecule has 0 spiro atoms. The van der Waals surface area contributed by atoms with E-state index in [4.69, 9.17) is 15.9 Å². The van der Waals surface area contributed by atoms with Gasteiger partial charge in [-0.15, -0.1) is 0 Å².